The van der Waals surface area contributed by atoms with Crippen molar-refractivity contribution in [3.8, 4) is 5.75 Å². The van der Waals surface area contributed by atoms with E-state index in [0.29, 0.717) is 6.04 Å². The zero-order valence-electron chi connectivity index (χ0n) is 19.1. The molecule has 0 unspecified atom stereocenters. The maximum Gasteiger partial charge on any atom is 0.490 e. The number of benzene rings is 1. The van der Waals surface area contributed by atoms with Crippen molar-refractivity contribution in [2.45, 2.75) is 56.7 Å². The van der Waals surface area contributed by atoms with Crippen LogP contribution in [0.1, 0.15) is 31.2 Å². The van der Waals surface area contributed by atoms with Gasteiger partial charge in [-0.1, -0.05) is 12.1 Å². The van der Waals surface area contributed by atoms with E-state index in [1.165, 1.54) is 5.56 Å². The molecular formula is C23H31F3N2O6. The first-order valence-electron chi connectivity index (χ1n) is 11.4. The lowest BCUT2D eigenvalue weighted by Crippen LogP contribution is -2.51. The first kappa shape index (κ1) is 26.2. The van der Waals surface area contributed by atoms with E-state index in [1.54, 1.807) is 7.11 Å². The molecule has 2 aliphatic heterocycles. The number of nitrogens with zero attached hydrogens (tertiary/aromatic N) is 2. The summed E-state index contributed by atoms with van der Waals surface area (Å²) in [6, 6.07) is 8.64. The lowest BCUT2D eigenvalue weighted by atomic mass is 10.1. The molecule has 0 radical (unpaired) electrons. The highest BCUT2D eigenvalue weighted by Gasteiger charge is 2.43. The van der Waals surface area contributed by atoms with Crippen molar-refractivity contribution < 1.29 is 42.1 Å². The van der Waals surface area contributed by atoms with E-state index >= 15 is 0 Å². The summed E-state index contributed by atoms with van der Waals surface area (Å²) in [5.41, 5.74) is 1.28. The van der Waals surface area contributed by atoms with Gasteiger partial charge in [-0.25, -0.2) is 4.79 Å². The van der Waals surface area contributed by atoms with Crippen molar-refractivity contribution >= 4 is 11.9 Å². The van der Waals surface area contributed by atoms with Gasteiger partial charge in [0.15, 0.2) is 0 Å². The van der Waals surface area contributed by atoms with Gasteiger partial charge in [0.25, 0.3) is 0 Å². The standard InChI is InChI=1S/C21H30N2O4.C2HF3O2/c1-25-17-6-4-16(5-7-17)14-23-12-13-26-21-18(23)8-9-19(21)27-15-20(24)22-10-2-3-11-22;3-2(4,5)1(6)7/h4-7,18-19,21H,2-3,8-15H2,1H3;(H,6,7)/t18-,19+,21+;/m0./s1. The summed E-state index contributed by atoms with van der Waals surface area (Å²) in [6.07, 6.45) is -0.735. The van der Waals surface area contributed by atoms with Crippen LogP contribution in [0.25, 0.3) is 0 Å². The Morgan fingerprint density at radius 2 is 1.76 bits per heavy atom. The van der Waals surface area contributed by atoms with E-state index in [0.717, 1.165) is 64.2 Å². The number of carbonyl (C=O) groups is 2. The van der Waals surface area contributed by atoms with E-state index < -0.39 is 12.1 Å². The lowest BCUT2D eigenvalue weighted by molar-refractivity contribution is -0.192. The van der Waals surface area contributed by atoms with Crippen LogP contribution >= 0.6 is 0 Å². The molecule has 8 nitrogen and oxygen atoms in total. The van der Waals surface area contributed by atoms with Crippen LogP contribution in [-0.4, -0.2) is 91.2 Å². The van der Waals surface area contributed by atoms with Gasteiger partial charge < -0.3 is 24.2 Å². The monoisotopic (exact) mass is 488 g/mol. The van der Waals surface area contributed by atoms with Gasteiger partial charge in [0.1, 0.15) is 12.4 Å². The second-order valence-electron chi connectivity index (χ2n) is 8.54. The first-order chi connectivity index (χ1) is 16.2. The third-order valence-corrected chi connectivity index (χ3v) is 6.32. The van der Waals surface area contributed by atoms with Gasteiger partial charge in [-0.05, 0) is 43.4 Å². The number of hydrogen-bond acceptors (Lipinski definition) is 6. The first-order valence-corrected chi connectivity index (χ1v) is 11.4. The van der Waals surface area contributed by atoms with Crippen LogP contribution in [0.4, 0.5) is 13.2 Å². The maximum absolute atomic E-state index is 12.3. The van der Waals surface area contributed by atoms with E-state index in [-0.39, 0.29) is 24.7 Å². The molecule has 2 heterocycles. The number of carboxylic acid groups (broad SMARTS) is 1. The number of amides is 1. The van der Waals surface area contributed by atoms with Gasteiger partial charge in [0, 0.05) is 32.2 Å². The van der Waals surface area contributed by atoms with Crippen LogP contribution in [0, 0.1) is 0 Å². The van der Waals surface area contributed by atoms with Crippen LogP contribution in [0.3, 0.4) is 0 Å². The van der Waals surface area contributed by atoms with E-state index in [1.807, 2.05) is 17.0 Å². The minimum absolute atomic E-state index is 0.0280. The number of fused-ring (bicyclic) bond motifs is 1. The van der Waals surface area contributed by atoms with Gasteiger partial charge in [0.05, 0.1) is 25.9 Å². The van der Waals surface area contributed by atoms with Crippen molar-refractivity contribution in [1.29, 1.82) is 0 Å². The number of carboxylic acids is 1. The minimum atomic E-state index is -5.08. The zero-order chi connectivity index (χ0) is 24.7. The van der Waals surface area contributed by atoms with Gasteiger partial charge in [-0.15, -0.1) is 0 Å². The Morgan fingerprint density at radius 1 is 1.12 bits per heavy atom. The predicted molar refractivity (Wildman–Crippen MR) is 115 cm³/mol. The Labute approximate surface area is 196 Å². The van der Waals surface area contributed by atoms with Crippen molar-refractivity contribution in [2.75, 3.05) is 40.0 Å². The molecule has 1 aromatic rings. The molecule has 1 N–H and O–H groups in total. The molecule has 3 aliphatic rings. The molecule has 4 rings (SSSR count). The predicted octanol–water partition coefficient (Wildman–Crippen LogP) is 2.70. The minimum Gasteiger partial charge on any atom is -0.497 e. The number of morpholine rings is 1. The van der Waals surface area contributed by atoms with Gasteiger partial charge in [-0.3, -0.25) is 9.69 Å². The fraction of sp³-hybridized carbons (Fsp3) is 0.652. The summed E-state index contributed by atoms with van der Waals surface area (Å²) in [6.45, 7) is 4.52. The second kappa shape index (κ2) is 11.9. The Hall–Kier alpha value is -2.37. The molecule has 11 heteroatoms. The van der Waals surface area contributed by atoms with E-state index in [2.05, 4.69) is 17.0 Å². The summed E-state index contributed by atoms with van der Waals surface area (Å²) in [4.78, 5) is 25.6. The zero-order valence-corrected chi connectivity index (χ0v) is 19.1. The Kier molecular flexibility index (Phi) is 9.15. The van der Waals surface area contributed by atoms with E-state index in [9.17, 15) is 18.0 Å². The number of methoxy groups -OCH3 is 1. The Morgan fingerprint density at radius 3 is 2.35 bits per heavy atom. The normalized spacial score (nSPS) is 24.8. The fourth-order valence-corrected chi connectivity index (χ4v) is 4.57. The van der Waals surface area contributed by atoms with Crippen LogP contribution in [0.5, 0.6) is 5.75 Å². The van der Waals surface area contributed by atoms with Crippen molar-refractivity contribution in [3.63, 3.8) is 0 Å². The smallest absolute Gasteiger partial charge is 0.490 e. The molecule has 0 bridgehead atoms. The topological polar surface area (TPSA) is 88.5 Å². The van der Waals surface area contributed by atoms with Gasteiger partial charge in [0.2, 0.25) is 5.91 Å². The summed E-state index contributed by atoms with van der Waals surface area (Å²) >= 11 is 0. The largest absolute Gasteiger partial charge is 0.497 e. The number of likely N-dealkylation sites (tertiary alicyclic amines) is 1. The van der Waals surface area contributed by atoms with Crippen molar-refractivity contribution in [1.82, 2.24) is 9.80 Å². The lowest BCUT2D eigenvalue weighted by Gasteiger charge is -2.39. The highest BCUT2D eigenvalue weighted by atomic mass is 19.4. The number of aliphatic carboxylic acids is 1. The molecule has 0 spiro atoms. The molecule has 34 heavy (non-hydrogen) atoms. The number of rotatable bonds is 6. The highest BCUT2D eigenvalue weighted by molar-refractivity contribution is 5.77. The second-order valence-corrected chi connectivity index (χ2v) is 8.54. The number of hydrogen-bond donors (Lipinski definition) is 1. The average molecular weight is 489 g/mol. The summed E-state index contributed by atoms with van der Waals surface area (Å²) in [5.74, 6) is -1.75. The third kappa shape index (κ3) is 7.07. The number of carbonyl (C=O) groups excluding carboxylic acids is 1. The Balaban J connectivity index is 0.000000406. The fourth-order valence-electron chi connectivity index (χ4n) is 4.57. The van der Waals surface area contributed by atoms with Crippen LogP contribution < -0.4 is 4.74 Å². The molecule has 2 saturated heterocycles. The van der Waals surface area contributed by atoms with Crippen LogP contribution in [0.2, 0.25) is 0 Å². The maximum atomic E-state index is 12.3. The van der Waals surface area contributed by atoms with Gasteiger partial charge in [-0.2, -0.15) is 13.2 Å². The van der Waals surface area contributed by atoms with Crippen LogP contribution in [0.15, 0.2) is 24.3 Å². The summed E-state index contributed by atoms with van der Waals surface area (Å²) < 4.78 is 49.1. The number of halogens is 3. The Bertz CT molecular complexity index is 814. The summed E-state index contributed by atoms with van der Waals surface area (Å²) in [7, 11) is 1.69. The molecule has 0 aromatic heterocycles. The molecule has 1 amide bonds. The van der Waals surface area contributed by atoms with Crippen molar-refractivity contribution in [2.24, 2.45) is 0 Å². The van der Waals surface area contributed by atoms with Gasteiger partial charge >= 0.3 is 12.1 Å². The molecule has 1 saturated carbocycles. The summed E-state index contributed by atoms with van der Waals surface area (Å²) in [5, 5.41) is 7.12. The quantitative estimate of drug-likeness (QED) is 0.659. The average Bonchev–Trinajstić information content (AvgIpc) is 3.49. The van der Waals surface area contributed by atoms with Crippen molar-refractivity contribution in [3.05, 3.63) is 29.8 Å². The molecule has 3 fully saturated rings. The third-order valence-electron chi connectivity index (χ3n) is 6.32. The number of ether oxygens (including phenoxy) is 3. The molecule has 190 valence electrons. The molecule has 1 aliphatic carbocycles. The van der Waals surface area contributed by atoms with E-state index in [4.69, 9.17) is 24.1 Å². The molecule has 3 atom stereocenters. The molecular weight excluding hydrogens is 457 g/mol. The van der Waals surface area contributed by atoms with Crippen LogP contribution in [-0.2, 0) is 25.6 Å². The SMILES string of the molecule is COc1ccc(CN2CCO[C@H]3[C@H](OCC(=O)N4CCCC4)CC[C@@H]32)cc1.O=C(O)C(F)(F)F. The highest BCUT2D eigenvalue weighted by Crippen LogP contribution is 2.33. The number of alkyl halides is 3. The molecule has 1 aromatic carbocycles.